The Morgan fingerprint density at radius 1 is 1.33 bits per heavy atom. The molecule has 1 aromatic carbocycles. The van der Waals surface area contributed by atoms with Crippen molar-refractivity contribution in [3.05, 3.63) is 30.1 Å². The summed E-state index contributed by atoms with van der Waals surface area (Å²) in [5, 5.41) is 3.49. The number of imidazole rings is 1. The zero-order valence-corrected chi connectivity index (χ0v) is 12.3. The van der Waals surface area contributed by atoms with Crippen molar-refractivity contribution in [3.63, 3.8) is 0 Å². The lowest BCUT2D eigenvalue weighted by molar-refractivity contribution is 0.571. The number of hydrogen-bond donors (Lipinski definition) is 1. The molecule has 0 unspecified atom stereocenters. The molecule has 0 radical (unpaired) electrons. The Balaban J connectivity index is 2.06. The van der Waals surface area contributed by atoms with E-state index >= 15 is 0 Å². The first-order valence-corrected chi connectivity index (χ1v) is 7.42. The van der Waals surface area contributed by atoms with Crippen molar-refractivity contribution in [2.24, 2.45) is 7.05 Å². The van der Waals surface area contributed by atoms with Crippen molar-refractivity contribution in [2.75, 3.05) is 12.8 Å². The molecular weight excluding hydrogens is 242 g/mol. The molecule has 2 aromatic rings. The van der Waals surface area contributed by atoms with Crippen molar-refractivity contribution >= 4 is 22.8 Å². The predicted molar refractivity (Wildman–Crippen MR) is 80.0 cm³/mol. The van der Waals surface area contributed by atoms with Crippen LogP contribution < -0.4 is 5.32 Å². The fraction of sp³-hybridized carbons (Fsp3) is 0.500. The second-order valence-corrected chi connectivity index (χ2v) is 6.66. The van der Waals surface area contributed by atoms with Crippen LogP contribution in [0.2, 0.25) is 0 Å². The van der Waals surface area contributed by atoms with Gasteiger partial charge in [0.15, 0.2) is 0 Å². The minimum absolute atomic E-state index is 0.268. The fourth-order valence-corrected chi connectivity index (χ4v) is 2.15. The molecule has 0 aliphatic heterocycles. The number of hydrogen-bond acceptors (Lipinski definition) is 3. The van der Waals surface area contributed by atoms with Crippen LogP contribution in [-0.4, -0.2) is 27.1 Å². The molecule has 18 heavy (non-hydrogen) atoms. The molecule has 0 spiro atoms. The van der Waals surface area contributed by atoms with Crippen LogP contribution in [-0.2, 0) is 13.6 Å². The first-order chi connectivity index (χ1) is 8.53. The lowest BCUT2D eigenvalue weighted by Crippen LogP contribution is -2.32. The van der Waals surface area contributed by atoms with Gasteiger partial charge >= 0.3 is 0 Å². The molecule has 4 heteroatoms. The van der Waals surface area contributed by atoms with E-state index in [4.69, 9.17) is 0 Å². The van der Waals surface area contributed by atoms with E-state index < -0.39 is 0 Å². The second kappa shape index (κ2) is 5.33. The Morgan fingerprint density at radius 3 is 2.72 bits per heavy atom. The van der Waals surface area contributed by atoms with Crippen molar-refractivity contribution in [2.45, 2.75) is 25.1 Å². The molecule has 2 rings (SSSR count). The molecule has 0 bridgehead atoms. The number of nitrogens with one attached hydrogen (secondary N) is 1. The number of benzene rings is 1. The van der Waals surface area contributed by atoms with Gasteiger partial charge in [0.05, 0.1) is 17.6 Å². The highest BCUT2D eigenvalue weighted by molar-refractivity contribution is 7.99. The SMILES string of the molecule is CSC(C)(C)CNCc1nc2ccccc2n1C. The number of aryl methyl sites for hydroxylation is 1. The molecule has 0 fully saturated rings. The Hall–Kier alpha value is -1.00. The first kappa shape index (κ1) is 13.4. The van der Waals surface area contributed by atoms with Crippen LogP contribution in [0.1, 0.15) is 19.7 Å². The molecule has 1 heterocycles. The normalized spacial score (nSPS) is 12.2. The van der Waals surface area contributed by atoms with E-state index in [9.17, 15) is 0 Å². The summed E-state index contributed by atoms with van der Waals surface area (Å²) >= 11 is 1.88. The van der Waals surface area contributed by atoms with Crippen molar-refractivity contribution in [1.29, 1.82) is 0 Å². The topological polar surface area (TPSA) is 29.9 Å². The van der Waals surface area contributed by atoms with Gasteiger partial charge in [0.1, 0.15) is 5.82 Å². The molecule has 0 saturated carbocycles. The monoisotopic (exact) mass is 263 g/mol. The van der Waals surface area contributed by atoms with E-state index in [0.717, 1.165) is 24.4 Å². The van der Waals surface area contributed by atoms with E-state index in [1.807, 2.05) is 17.8 Å². The highest BCUT2D eigenvalue weighted by atomic mass is 32.2. The van der Waals surface area contributed by atoms with Crippen molar-refractivity contribution in [1.82, 2.24) is 14.9 Å². The van der Waals surface area contributed by atoms with Crippen LogP contribution in [0, 0.1) is 0 Å². The standard InChI is InChI=1S/C14H21N3S/c1-14(2,18-4)10-15-9-13-16-11-7-5-6-8-12(11)17(13)3/h5-8,15H,9-10H2,1-4H3. The van der Waals surface area contributed by atoms with Gasteiger partial charge < -0.3 is 9.88 Å². The van der Waals surface area contributed by atoms with Crippen molar-refractivity contribution < 1.29 is 0 Å². The summed E-state index contributed by atoms with van der Waals surface area (Å²) in [6.07, 6.45) is 2.15. The number of nitrogens with zero attached hydrogens (tertiary/aromatic N) is 2. The zero-order chi connectivity index (χ0) is 13.2. The molecule has 0 amide bonds. The van der Waals surface area contributed by atoms with E-state index in [-0.39, 0.29) is 4.75 Å². The molecule has 98 valence electrons. The van der Waals surface area contributed by atoms with E-state index in [0.29, 0.717) is 0 Å². The molecule has 1 N–H and O–H groups in total. The quantitative estimate of drug-likeness (QED) is 0.899. The van der Waals surface area contributed by atoms with Crippen LogP contribution in [0.15, 0.2) is 24.3 Å². The van der Waals surface area contributed by atoms with Crippen LogP contribution >= 0.6 is 11.8 Å². The number of para-hydroxylation sites is 2. The molecular formula is C14H21N3S. The maximum Gasteiger partial charge on any atom is 0.123 e. The van der Waals surface area contributed by atoms with Gasteiger partial charge in [-0.3, -0.25) is 0 Å². The molecule has 0 saturated heterocycles. The van der Waals surface area contributed by atoms with E-state index in [1.54, 1.807) is 0 Å². The van der Waals surface area contributed by atoms with Crippen LogP contribution in [0.5, 0.6) is 0 Å². The highest BCUT2D eigenvalue weighted by Crippen LogP contribution is 2.20. The van der Waals surface area contributed by atoms with Crippen LogP contribution in [0.3, 0.4) is 0 Å². The largest absolute Gasteiger partial charge is 0.330 e. The minimum Gasteiger partial charge on any atom is -0.330 e. The van der Waals surface area contributed by atoms with Gasteiger partial charge in [-0.25, -0.2) is 4.98 Å². The lowest BCUT2D eigenvalue weighted by atomic mass is 10.2. The van der Waals surface area contributed by atoms with Gasteiger partial charge in [0, 0.05) is 18.3 Å². The third kappa shape index (κ3) is 2.87. The average Bonchev–Trinajstić information content (AvgIpc) is 2.67. The summed E-state index contributed by atoms with van der Waals surface area (Å²) in [6, 6.07) is 8.25. The number of thioether (sulfide) groups is 1. The molecule has 0 atom stereocenters. The van der Waals surface area contributed by atoms with Gasteiger partial charge in [0.25, 0.3) is 0 Å². The van der Waals surface area contributed by atoms with Gasteiger partial charge in [0.2, 0.25) is 0 Å². The maximum absolute atomic E-state index is 4.65. The predicted octanol–water partition coefficient (Wildman–Crippen LogP) is 2.80. The van der Waals surface area contributed by atoms with Crippen LogP contribution in [0.4, 0.5) is 0 Å². The molecule has 1 aromatic heterocycles. The summed E-state index contributed by atoms with van der Waals surface area (Å²) in [4.78, 5) is 4.65. The van der Waals surface area contributed by atoms with Gasteiger partial charge in [-0.1, -0.05) is 12.1 Å². The third-order valence-corrected chi connectivity index (χ3v) is 4.52. The van der Waals surface area contributed by atoms with E-state index in [2.05, 4.69) is 60.2 Å². The Morgan fingerprint density at radius 2 is 2.06 bits per heavy atom. The van der Waals surface area contributed by atoms with Gasteiger partial charge in [-0.2, -0.15) is 11.8 Å². The zero-order valence-electron chi connectivity index (χ0n) is 11.5. The fourth-order valence-electron chi connectivity index (χ4n) is 1.90. The van der Waals surface area contributed by atoms with Gasteiger partial charge in [-0.15, -0.1) is 0 Å². The Kier molecular flexibility index (Phi) is 3.97. The average molecular weight is 263 g/mol. The lowest BCUT2D eigenvalue weighted by Gasteiger charge is -2.22. The second-order valence-electron chi connectivity index (χ2n) is 5.14. The van der Waals surface area contributed by atoms with E-state index in [1.165, 1.54) is 5.52 Å². The maximum atomic E-state index is 4.65. The summed E-state index contributed by atoms with van der Waals surface area (Å²) in [5.74, 6) is 1.09. The van der Waals surface area contributed by atoms with Crippen molar-refractivity contribution in [3.8, 4) is 0 Å². The van der Waals surface area contributed by atoms with Crippen LogP contribution in [0.25, 0.3) is 11.0 Å². The van der Waals surface area contributed by atoms with Gasteiger partial charge in [-0.05, 0) is 32.2 Å². The number of aromatic nitrogens is 2. The highest BCUT2D eigenvalue weighted by Gasteiger charge is 2.15. The smallest absolute Gasteiger partial charge is 0.123 e. The molecule has 3 nitrogen and oxygen atoms in total. The summed E-state index contributed by atoms with van der Waals surface area (Å²) in [7, 11) is 2.08. The third-order valence-electron chi connectivity index (χ3n) is 3.27. The molecule has 0 aliphatic rings. The first-order valence-electron chi connectivity index (χ1n) is 6.20. The molecule has 0 aliphatic carbocycles. The Bertz CT molecular complexity index is 531. The number of fused-ring (bicyclic) bond motifs is 1. The summed E-state index contributed by atoms with van der Waals surface area (Å²) < 4.78 is 2.43. The summed E-state index contributed by atoms with van der Waals surface area (Å²) in [6.45, 7) is 6.30. The minimum atomic E-state index is 0.268. The Labute approximate surface area is 113 Å². The summed E-state index contributed by atoms with van der Waals surface area (Å²) in [5.41, 5.74) is 2.26. The number of rotatable bonds is 5.